The van der Waals surface area contributed by atoms with Crippen molar-refractivity contribution in [3.63, 3.8) is 0 Å². The first kappa shape index (κ1) is 16.5. The predicted octanol–water partition coefficient (Wildman–Crippen LogP) is 0.987. The summed E-state index contributed by atoms with van der Waals surface area (Å²) in [6.45, 7) is -1.66. The van der Waals surface area contributed by atoms with E-state index in [1.807, 2.05) is 0 Å². The van der Waals surface area contributed by atoms with Gasteiger partial charge < -0.3 is 21.0 Å². The van der Waals surface area contributed by atoms with Crippen LogP contribution in [0.1, 0.15) is 25.7 Å². The molecule has 6 nitrogen and oxygen atoms in total. The number of nitrogens with two attached hydrogens (primary N) is 1. The molecule has 0 saturated heterocycles. The number of hydrogen-bond donors (Lipinski definition) is 3. The maximum atomic E-state index is 11.8. The average molecular weight is 297 g/mol. The molecule has 116 valence electrons. The highest BCUT2D eigenvalue weighted by Gasteiger charge is 2.32. The van der Waals surface area contributed by atoms with Crippen LogP contribution < -0.4 is 11.1 Å². The largest absolute Gasteiger partial charge is 0.411 e. The average Bonchev–Trinajstić information content (AvgIpc) is 2.80. The fourth-order valence-electron chi connectivity index (χ4n) is 2.19. The molecule has 0 radical (unpaired) electrons. The summed E-state index contributed by atoms with van der Waals surface area (Å²) < 4.78 is 39.8. The lowest BCUT2D eigenvalue weighted by molar-refractivity contribution is -0.174. The Kier molecular flexibility index (Phi) is 6.05. The number of rotatable bonds is 6. The summed E-state index contributed by atoms with van der Waals surface area (Å²) in [7, 11) is 0. The second kappa shape index (κ2) is 7.32. The molecule has 1 amide bonds. The molecule has 4 N–H and O–H groups in total. The molecule has 9 heteroatoms. The standard InChI is InChI=1S/C11H18F3N3O3/c12-11(13,14)6-20-5-4-9(18)16-8-3-1-2-7(8)10(15)17-19/h7-8,19H,1-6H2,(H2,15,17)(H,16,18). The maximum absolute atomic E-state index is 11.8. The first-order valence-corrected chi connectivity index (χ1v) is 6.24. The second-order valence-corrected chi connectivity index (χ2v) is 4.65. The minimum absolute atomic E-state index is 0.0566. The van der Waals surface area contributed by atoms with Gasteiger partial charge in [0.05, 0.1) is 6.61 Å². The molecule has 2 atom stereocenters. The maximum Gasteiger partial charge on any atom is 0.411 e. The molecule has 20 heavy (non-hydrogen) atoms. The van der Waals surface area contributed by atoms with E-state index in [1.165, 1.54) is 0 Å². The highest BCUT2D eigenvalue weighted by atomic mass is 19.4. The Labute approximate surface area is 114 Å². The zero-order valence-corrected chi connectivity index (χ0v) is 10.8. The lowest BCUT2D eigenvalue weighted by Crippen LogP contribution is -2.42. The molecule has 2 unspecified atom stereocenters. The normalized spacial score (nSPS) is 23.9. The van der Waals surface area contributed by atoms with E-state index in [2.05, 4.69) is 15.2 Å². The highest BCUT2D eigenvalue weighted by molar-refractivity contribution is 5.84. The van der Waals surface area contributed by atoms with Crippen molar-refractivity contribution in [2.45, 2.75) is 37.9 Å². The number of oxime groups is 1. The third-order valence-corrected chi connectivity index (χ3v) is 3.10. The van der Waals surface area contributed by atoms with Crippen molar-refractivity contribution >= 4 is 11.7 Å². The number of carbonyl (C=O) groups excluding carboxylic acids is 1. The van der Waals surface area contributed by atoms with Crippen LogP contribution in [0.25, 0.3) is 0 Å². The smallest absolute Gasteiger partial charge is 0.409 e. The molecule has 1 saturated carbocycles. The van der Waals surface area contributed by atoms with Gasteiger partial charge in [0.25, 0.3) is 0 Å². The van der Waals surface area contributed by atoms with Crippen LogP contribution in [0.15, 0.2) is 5.16 Å². The third kappa shape index (κ3) is 5.64. The molecule has 1 fully saturated rings. The summed E-state index contributed by atoms with van der Waals surface area (Å²) in [5.74, 6) is -0.587. The summed E-state index contributed by atoms with van der Waals surface area (Å²) in [6, 6.07) is -0.249. The van der Waals surface area contributed by atoms with Gasteiger partial charge in [-0.15, -0.1) is 0 Å². The summed E-state index contributed by atoms with van der Waals surface area (Å²) in [4.78, 5) is 11.6. The molecule has 0 aromatic rings. The van der Waals surface area contributed by atoms with E-state index in [0.717, 1.165) is 6.42 Å². The van der Waals surface area contributed by atoms with Crippen LogP contribution in [0.3, 0.4) is 0 Å². The van der Waals surface area contributed by atoms with Gasteiger partial charge in [-0.3, -0.25) is 4.79 Å². The minimum Gasteiger partial charge on any atom is -0.409 e. The zero-order valence-electron chi connectivity index (χ0n) is 10.8. The molecular formula is C11H18F3N3O3. The molecule has 1 aliphatic rings. The van der Waals surface area contributed by atoms with E-state index in [4.69, 9.17) is 10.9 Å². The molecule has 0 spiro atoms. The number of nitrogens with one attached hydrogen (secondary N) is 1. The Balaban J connectivity index is 2.28. The minimum atomic E-state index is -4.39. The van der Waals surface area contributed by atoms with Crippen LogP contribution in [-0.4, -0.2) is 42.4 Å². The third-order valence-electron chi connectivity index (χ3n) is 3.10. The summed E-state index contributed by atoms with van der Waals surface area (Å²) in [5, 5.41) is 14.2. The molecule has 0 bridgehead atoms. The van der Waals surface area contributed by atoms with Crippen LogP contribution in [0.5, 0.6) is 0 Å². The van der Waals surface area contributed by atoms with E-state index >= 15 is 0 Å². The van der Waals surface area contributed by atoms with Gasteiger partial charge >= 0.3 is 6.18 Å². The van der Waals surface area contributed by atoms with E-state index < -0.39 is 18.7 Å². The van der Waals surface area contributed by atoms with Gasteiger partial charge in [-0.25, -0.2) is 0 Å². The number of alkyl halides is 3. The lowest BCUT2D eigenvalue weighted by Gasteiger charge is -2.19. The highest BCUT2D eigenvalue weighted by Crippen LogP contribution is 2.25. The van der Waals surface area contributed by atoms with Crippen molar-refractivity contribution in [3.05, 3.63) is 0 Å². The van der Waals surface area contributed by atoms with Crippen LogP contribution in [0, 0.1) is 5.92 Å². The van der Waals surface area contributed by atoms with Gasteiger partial charge in [0.2, 0.25) is 5.91 Å². The fraction of sp³-hybridized carbons (Fsp3) is 0.818. The topological polar surface area (TPSA) is 96.9 Å². The Morgan fingerprint density at radius 2 is 2.15 bits per heavy atom. The molecular weight excluding hydrogens is 279 g/mol. The quantitative estimate of drug-likeness (QED) is 0.224. The molecule has 0 aromatic heterocycles. The molecule has 0 heterocycles. The number of hydrogen-bond acceptors (Lipinski definition) is 4. The zero-order chi connectivity index (χ0) is 15.2. The summed E-state index contributed by atoms with van der Waals surface area (Å²) in [6.07, 6.45) is -2.33. The number of ether oxygens (including phenoxy) is 1. The van der Waals surface area contributed by atoms with Gasteiger partial charge in [-0.05, 0) is 12.8 Å². The summed E-state index contributed by atoms with van der Waals surface area (Å²) >= 11 is 0. The number of halogens is 3. The number of carbonyl (C=O) groups is 1. The van der Waals surface area contributed by atoms with Gasteiger partial charge in [0.1, 0.15) is 12.4 Å². The Bertz CT molecular complexity index is 361. The van der Waals surface area contributed by atoms with Crippen molar-refractivity contribution in [1.29, 1.82) is 0 Å². The molecule has 0 aliphatic heterocycles. The first-order chi connectivity index (χ1) is 9.33. The van der Waals surface area contributed by atoms with Crippen molar-refractivity contribution < 1.29 is 27.9 Å². The van der Waals surface area contributed by atoms with Gasteiger partial charge in [0.15, 0.2) is 0 Å². The van der Waals surface area contributed by atoms with Crippen LogP contribution >= 0.6 is 0 Å². The van der Waals surface area contributed by atoms with Crippen LogP contribution in [0.2, 0.25) is 0 Å². The Hall–Kier alpha value is -1.51. The molecule has 1 aliphatic carbocycles. The number of nitrogens with zero attached hydrogens (tertiary/aromatic N) is 1. The Morgan fingerprint density at radius 3 is 2.75 bits per heavy atom. The van der Waals surface area contributed by atoms with Crippen LogP contribution in [0.4, 0.5) is 13.2 Å². The second-order valence-electron chi connectivity index (χ2n) is 4.65. The number of amides is 1. The van der Waals surface area contributed by atoms with Crippen molar-refractivity contribution in [2.75, 3.05) is 13.2 Å². The van der Waals surface area contributed by atoms with Gasteiger partial charge in [-0.2, -0.15) is 13.2 Å². The van der Waals surface area contributed by atoms with Gasteiger partial charge in [-0.1, -0.05) is 11.6 Å². The van der Waals surface area contributed by atoms with E-state index in [0.29, 0.717) is 12.8 Å². The van der Waals surface area contributed by atoms with Crippen molar-refractivity contribution in [3.8, 4) is 0 Å². The van der Waals surface area contributed by atoms with Crippen molar-refractivity contribution in [2.24, 2.45) is 16.8 Å². The van der Waals surface area contributed by atoms with E-state index in [1.54, 1.807) is 0 Å². The number of amidine groups is 1. The molecule has 0 aromatic carbocycles. The lowest BCUT2D eigenvalue weighted by atomic mass is 10.0. The fourth-order valence-corrected chi connectivity index (χ4v) is 2.19. The van der Waals surface area contributed by atoms with E-state index in [9.17, 15) is 18.0 Å². The summed E-state index contributed by atoms with van der Waals surface area (Å²) in [5.41, 5.74) is 5.51. The van der Waals surface area contributed by atoms with Gasteiger partial charge in [0, 0.05) is 18.4 Å². The monoisotopic (exact) mass is 297 g/mol. The van der Waals surface area contributed by atoms with E-state index in [-0.39, 0.29) is 30.8 Å². The first-order valence-electron chi connectivity index (χ1n) is 6.24. The van der Waals surface area contributed by atoms with Crippen LogP contribution in [-0.2, 0) is 9.53 Å². The SMILES string of the molecule is NC(=NO)C1CCCC1NC(=O)CCOCC(F)(F)F. The molecule has 1 rings (SSSR count). The predicted molar refractivity (Wildman–Crippen MR) is 64.2 cm³/mol. The Morgan fingerprint density at radius 1 is 1.45 bits per heavy atom. The van der Waals surface area contributed by atoms with Crippen molar-refractivity contribution in [1.82, 2.24) is 5.32 Å².